The molecule has 17 heteroatoms. The van der Waals surface area contributed by atoms with Crippen molar-refractivity contribution in [2.75, 3.05) is 6.61 Å². The van der Waals surface area contributed by atoms with Gasteiger partial charge in [0.05, 0.1) is 14.4 Å². The fraction of sp³-hybridized carbons (Fsp3) is 0.625. The van der Waals surface area contributed by atoms with E-state index in [9.17, 15) is 33.9 Å². The number of primary amides is 1. The second-order valence-corrected chi connectivity index (χ2v) is 7.49. The van der Waals surface area contributed by atoms with Crippen molar-refractivity contribution in [3.05, 3.63) is 12.2 Å². The molecule has 1 aliphatic rings. The zero-order valence-electron chi connectivity index (χ0n) is 12.0. The summed E-state index contributed by atoms with van der Waals surface area (Å²) in [6.45, 7) is -0.917. The summed E-state index contributed by atoms with van der Waals surface area (Å²) in [5.41, 5.74) is 4.96. The van der Waals surface area contributed by atoms with Gasteiger partial charge in [0.25, 0.3) is 5.91 Å². The van der Waals surface area contributed by atoms with Gasteiger partial charge in [-0.25, -0.2) is 14.2 Å². The van der Waals surface area contributed by atoms with Crippen molar-refractivity contribution in [2.45, 2.75) is 24.5 Å². The smallest absolute Gasteiger partial charge is 0.476 e. The number of rotatable bonds is 7. The average Bonchev–Trinajstić information content (AvgIpc) is 3.02. The lowest BCUT2D eigenvalue weighted by atomic mass is 10.1. The van der Waals surface area contributed by atoms with Crippen LogP contribution in [0.5, 0.6) is 0 Å². The number of ether oxygens (including phenoxy) is 1. The fourth-order valence-corrected chi connectivity index (χ4v) is 3.45. The second kappa shape index (κ2) is 7.17. The number of aliphatic hydroxyl groups is 2. The number of phosphoric ester groups is 1. The van der Waals surface area contributed by atoms with Crippen LogP contribution in [0, 0.1) is 0 Å². The topological polar surface area (TPSA) is 242 Å². The van der Waals surface area contributed by atoms with Crippen LogP contribution < -0.4 is 15.5 Å². The lowest BCUT2D eigenvalue weighted by molar-refractivity contribution is -0.334. The maximum atomic E-state index is 11.3. The lowest BCUT2D eigenvalue weighted by Crippen LogP contribution is -2.33. The number of hydrogen-bond donors (Lipinski definition) is 4. The fourth-order valence-electron chi connectivity index (χ4n) is 1.91. The summed E-state index contributed by atoms with van der Waals surface area (Å²) < 4.78 is 35.2. The van der Waals surface area contributed by atoms with Crippen LogP contribution in [0.4, 0.5) is 0 Å². The molecule has 142 valence electrons. The highest BCUT2D eigenvalue weighted by Crippen LogP contribution is 2.54. The van der Waals surface area contributed by atoms with Crippen molar-refractivity contribution in [3.8, 4) is 0 Å². The summed E-state index contributed by atoms with van der Waals surface area (Å²) >= 11 is 0. The largest absolute Gasteiger partial charge is 0.789 e. The molecular formula is C8H12N4O11P2-2. The van der Waals surface area contributed by atoms with E-state index in [4.69, 9.17) is 15.4 Å². The molecular weight excluding hydrogens is 390 g/mol. The molecule has 1 aromatic heterocycles. The minimum Gasteiger partial charge on any atom is -0.789 e. The van der Waals surface area contributed by atoms with Gasteiger partial charge >= 0.3 is 7.82 Å². The summed E-state index contributed by atoms with van der Waals surface area (Å²) in [6, 6.07) is 0. The van der Waals surface area contributed by atoms with E-state index in [1.807, 2.05) is 0 Å². The van der Waals surface area contributed by atoms with Crippen LogP contribution in [0.1, 0.15) is 16.8 Å². The quantitative estimate of drug-likeness (QED) is 0.318. The third kappa shape index (κ3) is 5.12. The summed E-state index contributed by atoms with van der Waals surface area (Å²) in [5, 5.41) is 23.4. The first-order chi connectivity index (χ1) is 11.4. The van der Waals surface area contributed by atoms with Gasteiger partial charge in [0, 0.05) is 0 Å². The molecule has 1 amide bonds. The molecule has 1 saturated heterocycles. The molecule has 1 unspecified atom stereocenters. The molecule has 25 heavy (non-hydrogen) atoms. The number of phosphoric acid groups is 2. The van der Waals surface area contributed by atoms with E-state index in [0.29, 0.717) is 0 Å². The first-order valence-electron chi connectivity index (χ1n) is 6.33. The van der Waals surface area contributed by atoms with Gasteiger partial charge in [0.2, 0.25) is 5.82 Å². The zero-order chi connectivity index (χ0) is 19.0. The molecule has 1 aromatic rings. The van der Waals surface area contributed by atoms with Crippen molar-refractivity contribution in [1.29, 1.82) is 0 Å². The Morgan fingerprint density at radius 1 is 1.40 bits per heavy atom. The van der Waals surface area contributed by atoms with E-state index >= 15 is 0 Å². The number of carbonyl (C=O) groups is 1. The molecule has 1 aliphatic heterocycles. The van der Waals surface area contributed by atoms with Gasteiger partial charge in [-0.2, -0.15) is 0 Å². The first-order valence-corrected chi connectivity index (χ1v) is 9.28. The normalized spacial score (nSPS) is 29.5. The molecule has 5 atom stereocenters. The van der Waals surface area contributed by atoms with Crippen LogP contribution in [-0.4, -0.2) is 60.7 Å². The maximum Gasteiger partial charge on any atom is 0.476 e. The predicted molar refractivity (Wildman–Crippen MR) is 68.9 cm³/mol. The maximum absolute atomic E-state index is 11.3. The number of aliphatic hydroxyl groups excluding tert-OH is 2. The van der Waals surface area contributed by atoms with E-state index in [1.54, 1.807) is 0 Å². The average molecular weight is 402 g/mol. The van der Waals surface area contributed by atoms with Crippen LogP contribution in [-0.2, 0) is 22.7 Å². The summed E-state index contributed by atoms with van der Waals surface area (Å²) in [7, 11) is -11.1. The number of aromatic nitrogens is 3. The van der Waals surface area contributed by atoms with Crippen LogP contribution in [0.3, 0.4) is 0 Å². The summed E-state index contributed by atoms with van der Waals surface area (Å²) in [6.07, 6.45) is -5.07. The third-order valence-corrected chi connectivity index (χ3v) is 5.03. The highest BCUT2D eigenvalue weighted by Gasteiger charge is 2.45. The first kappa shape index (κ1) is 20.1. The Kier molecular flexibility index (Phi) is 5.75. The van der Waals surface area contributed by atoms with Crippen LogP contribution in [0.15, 0.2) is 6.33 Å². The van der Waals surface area contributed by atoms with Gasteiger partial charge < -0.3 is 39.9 Å². The Labute approximate surface area is 138 Å². The van der Waals surface area contributed by atoms with Crippen molar-refractivity contribution in [2.24, 2.45) is 5.73 Å². The molecule has 15 nitrogen and oxygen atoms in total. The van der Waals surface area contributed by atoms with Gasteiger partial charge in [0.15, 0.2) is 6.23 Å². The lowest BCUT2D eigenvalue weighted by Gasteiger charge is -2.30. The van der Waals surface area contributed by atoms with Gasteiger partial charge in [0.1, 0.15) is 24.6 Å². The van der Waals surface area contributed by atoms with E-state index < -0.39 is 52.7 Å². The molecule has 0 aliphatic carbocycles. The van der Waals surface area contributed by atoms with Crippen LogP contribution >= 0.6 is 15.6 Å². The van der Waals surface area contributed by atoms with E-state index in [0.717, 1.165) is 11.0 Å². The van der Waals surface area contributed by atoms with Crippen molar-refractivity contribution < 1.29 is 52.4 Å². The highest BCUT2D eigenvalue weighted by molar-refractivity contribution is 7.59. The Hall–Kier alpha value is -1.25. The highest BCUT2D eigenvalue weighted by atomic mass is 31.3. The van der Waals surface area contributed by atoms with Crippen LogP contribution in [0.2, 0.25) is 0 Å². The Balaban J connectivity index is 2.03. The van der Waals surface area contributed by atoms with E-state index in [-0.39, 0.29) is 5.82 Å². The molecule has 0 bridgehead atoms. The number of hydrogen-bond acceptors (Lipinski definition) is 12. The van der Waals surface area contributed by atoms with E-state index in [2.05, 4.69) is 18.9 Å². The SMILES string of the molecule is NC(=O)c1ncn([C@@H]2O[C@H](COP(=O)(O)OP(=O)([O-])[O-])[C@@H](O)[C@H]2O)n1. The van der Waals surface area contributed by atoms with E-state index in [1.165, 1.54) is 0 Å². The number of carbonyl (C=O) groups excluding carboxylic acids is 1. The summed E-state index contributed by atoms with van der Waals surface area (Å²) in [5.74, 6) is -1.34. The molecule has 0 radical (unpaired) electrons. The van der Waals surface area contributed by atoms with Crippen LogP contribution in [0.25, 0.3) is 0 Å². The minimum atomic E-state index is -5.80. The number of nitrogens with two attached hydrogens (primary N) is 1. The molecule has 2 rings (SSSR count). The Morgan fingerprint density at radius 2 is 2.04 bits per heavy atom. The predicted octanol–water partition coefficient (Wildman–Crippen LogP) is -4.04. The van der Waals surface area contributed by atoms with Crippen molar-refractivity contribution in [3.63, 3.8) is 0 Å². The molecule has 0 spiro atoms. The minimum absolute atomic E-state index is 0.389. The number of amides is 1. The molecule has 0 saturated carbocycles. The molecule has 1 fully saturated rings. The molecule has 2 heterocycles. The Bertz CT molecular complexity index is 733. The Morgan fingerprint density at radius 3 is 2.56 bits per heavy atom. The van der Waals surface area contributed by atoms with Gasteiger partial charge in [-0.15, -0.1) is 5.10 Å². The standard InChI is InChI=1S/C8H14N4O11P2/c9-6(15)7-10-2-12(11-7)8-5(14)4(13)3(22-8)1-21-25(19,20)23-24(16,17)18/h2-5,8,13-14H,1H2,(H2,9,15)(H,19,20)(H2,16,17,18)/p-2/t3-,4-,5-,8-/m1/s1. The second-order valence-electron chi connectivity index (χ2n) is 4.75. The monoisotopic (exact) mass is 402 g/mol. The van der Waals surface area contributed by atoms with Crippen molar-refractivity contribution >= 4 is 21.6 Å². The molecule has 0 aromatic carbocycles. The number of nitrogens with zero attached hydrogens (tertiary/aromatic N) is 3. The van der Waals surface area contributed by atoms with Gasteiger partial charge in [-0.1, -0.05) is 0 Å². The third-order valence-electron chi connectivity index (χ3n) is 2.93. The zero-order valence-corrected chi connectivity index (χ0v) is 13.8. The summed E-state index contributed by atoms with van der Waals surface area (Å²) in [4.78, 5) is 44.2. The van der Waals surface area contributed by atoms with Gasteiger partial charge in [-0.05, 0) is 0 Å². The van der Waals surface area contributed by atoms with Crippen molar-refractivity contribution in [1.82, 2.24) is 14.8 Å². The van der Waals surface area contributed by atoms with Gasteiger partial charge in [-0.3, -0.25) is 13.6 Å². The molecule has 5 N–H and O–H groups in total.